The lowest BCUT2D eigenvalue weighted by Crippen LogP contribution is -2.20. The average Bonchev–Trinajstić information content (AvgIpc) is 2.70. The maximum atomic E-state index is 12.5. The van der Waals surface area contributed by atoms with Gasteiger partial charge in [0.05, 0.1) is 30.8 Å². The number of hydrogen-bond donors (Lipinski definition) is 1. The molecule has 1 amide bonds. The highest BCUT2D eigenvalue weighted by Crippen LogP contribution is 2.36. The van der Waals surface area contributed by atoms with Crippen molar-refractivity contribution in [2.24, 2.45) is 0 Å². The molecule has 154 valence electrons. The maximum absolute atomic E-state index is 12.5. The number of pyridine rings is 1. The summed E-state index contributed by atoms with van der Waals surface area (Å²) in [6.45, 7) is -3.00. The first-order chi connectivity index (χ1) is 13.8. The predicted octanol–water partition coefficient (Wildman–Crippen LogP) is 2.94. The van der Waals surface area contributed by atoms with Crippen LogP contribution < -0.4 is 19.5 Å². The largest absolute Gasteiger partial charge is 0.493 e. The van der Waals surface area contributed by atoms with Gasteiger partial charge in [-0.3, -0.25) is 14.9 Å². The van der Waals surface area contributed by atoms with Gasteiger partial charge >= 0.3 is 6.61 Å². The third kappa shape index (κ3) is 6.13. The van der Waals surface area contributed by atoms with Gasteiger partial charge in [-0.05, 0) is 17.7 Å². The minimum absolute atomic E-state index is 0.0188. The highest BCUT2D eigenvalue weighted by atomic mass is 19.3. The van der Waals surface area contributed by atoms with Crippen molar-refractivity contribution in [1.82, 2.24) is 10.3 Å². The highest BCUT2D eigenvalue weighted by molar-refractivity contribution is 5.92. The van der Waals surface area contributed by atoms with Crippen LogP contribution in [0.4, 0.5) is 14.5 Å². The fraction of sp³-hybridized carbons (Fsp3) is 0.222. The SMILES string of the molecule is COc1ccc(CNC(=O)/C=C/c2cc(OC)c(OC(F)F)cc2[N+](=O)[O-])cn1. The van der Waals surface area contributed by atoms with Crippen LogP contribution in [0.3, 0.4) is 0 Å². The topological polar surface area (TPSA) is 113 Å². The van der Waals surface area contributed by atoms with Crippen molar-refractivity contribution in [3.63, 3.8) is 0 Å². The molecule has 0 radical (unpaired) electrons. The molecule has 0 spiro atoms. The number of carbonyl (C=O) groups is 1. The number of carbonyl (C=O) groups excluding carboxylic acids is 1. The summed E-state index contributed by atoms with van der Waals surface area (Å²) in [5.41, 5.74) is 0.174. The lowest BCUT2D eigenvalue weighted by atomic mass is 10.1. The molecule has 1 aromatic carbocycles. The van der Waals surface area contributed by atoms with E-state index in [0.717, 1.165) is 18.2 Å². The van der Waals surface area contributed by atoms with Gasteiger partial charge in [-0.25, -0.2) is 4.98 Å². The molecule has 0 bridgehead atoms. The molecule has 9 nitrogen and oxygen atoms in total. The van der Waals surface area contributed by atoms with Crippen molar-refractivity contribution in [3.05, 3.63) is 57.8 Å². The van der Waals surface area contributed by atoms with Crippen LogP contribution in [0, 0.1) is 10.1 Å². The molecular formula is C18H17F2N3O6. The highest BCUT2D eigenvalue weighted by Gasteiger charge is 2.20. The molecule has 0 aliphatic rings. The summed E-state index contributed by atoms with van der Waals surface area (Å²) in [5.74, 6) is -0.717. The van der Waals surface area contributed by atoms with E-state index in [1.165, 1.54) is 26.5 Å². The van der Waals surface area contributed by atoms with Crippen LogP contribution in [0.25, 0.3) is 6.08 Å². The number of alkyl halides is 2. The monoisotopic (exact) mass is 409 g/mol. The molecule has 1 heterocycles. The molecule has 1 aromatic heterocycles. The van der Waals surface area contributed by atoms with Gasteiger partial charge in [0.2, 0.25) is 11.8 Å². The van der Waals surface area contributed by atoms with E-state index < -0.39 is 28.9 Å². The first-order valence-corrected chi connectivity index (χ1v) is 8.10. The molecule has 0 saturated heterocycles. The Morgan fingerprint density at radius 3 is 2.59 bits per heavy atom. The summed E-state index contributed by atoms with van der Waals surface area (Å²) < 4.78 is 39.0. The van der Waals surface area contributed by atoms with E-state index >= 15 is 0 Å². The van der Waals surface area contributed by atoms with E-state index in [9.17, 15) is 23.7 Å². The van der Waals surface area contributed by atoms with E-state index in [-0.39, 0.29) is 17.9 Å². The number of rotatable bonds is 9. The van der Waals surface area contributed by atoms with Gasteiger partial charge in [0.25, 0.3) is 5.69 Å². The van der Waals surface area contributed by atoms with Gasteiger partial charge in [-0.15, -0.1) is 0 Å². The molecule has 1 N–H and O–H groups in total. The van der Waals surface area contributed by atoms with Crippen molar-refractivity contribution in [2.75, 3.05) is 14.2 Å². The zero-order valence-corrected chi connectivity index (χ0v) is 15.4. The van der Waals surface area contributed by atoms with E-state index in [0.29, 0.717) is 11.4 Å². The number of nitrogens with zero attached hydrogens (tertiary/aromatic N) is 2. The third-order valence-electron chi connectivity index (χ3n) is 3.61. The number of nitro benzene ring substituents is 1. The molecule has 2 rings (SSSR count). The van der Waals surface area contributed by atoms with Crippen LogP contribution >= 0.6 is 0 Å². The number of hydrogen-bond acceptors (Lipinski definition) is 7. The molecule has 2 aromatic rings. The van der Waals surface area contributed by atoms with Gasteiger partial charge in [0.15, 0.2) is 11.5 Å². The summed E-state index contributed by atoms with van der Waals surface area (Å²) in [7, 11) is 2.68. The van der Waals surface area contributed by atoms with E-state index in [1.54, 1.807) is 12.1 Å². The molecule has 0 aliphatic carbocycles. The minimum atomic E-state index is -3.18. The first-order valence-electron chi connectivity index (χ1n) is 8.10. The summed E-state index contributed by atoms with van der Waals surface area (Å²) in [4.78, 5) is 26.5. The van der Waals surface area contributed by atoms with Crippen molar-refractivity contribution in [3.8, 4) is 17.4 Å². The predicted molar refractivity (Wildman–Crippen MR) is 98.0 cm³/mol. The Balaban J connectivity index is 2.14. The minimum Gasteiger partial charge on any atom is -0.493 e. The van der Waals surface area contributed by atoms with E-state index in [1.807, 2.05) is 0 Å². The van der Waals surface area contributed by atoms with Gasteiger partial charge in [0, 0.05) is 24.9 Å². The number of nitrogens with one attached hydrogen (secondary N) is 1. The van der Waals surface area contributed by atoms with E-state index in [4.69, 9.17) is 9.47 Å². The van der Waals surface area contributed by atoms with Crippen LogP contribution in [0.1, 0.15) is 11.1 Å². The zero-order chi connectivity index (χ0) is 21.4. The molecule has 0 saturated carbocycles. The first kappa shape index (κ1) is 21.5. The van der Waals surface area contributed by atoms with Crippen LogP contribution in [-0.4, -0.2) is 36.6 Å². The average molecular weight is 409 g/mol. The molecular weight excluding hydrogens is 392 g/mol. The molecule has 11 heteroatoms. The fourth-order valence-electron chi connectivity index (χ4n) is 2.25. The molecule has 0 unspecified atom stereocenters. The number of benzene rings is 1. The Hall–Kier alpha value is -3.76. The molecule has 29 heavy (non-hydrogen) atoms. The third-order valence-corrected chi connectivity index (χ3v) is 3.61. The van der Waals surface area contributed by atoms with Gasteiger partial charge in [-0.2, -0.15) is 8.78 Å². The quantitative estimate of drug-likeness (QED) is 0.385. The summed E-state index contributed by atoms with van der Waals surface area (Å²) in [6, 6.07) is 5.29. The van der Waals surface area contributed by atoms with Crippen molar-refractivity contribution in [2.45, 2.75) is 13.2 Å². The Morgan fingerprint density at radius 2 is 2.03 bits per heavy atom. The standard InChI is InChI=1S/C18H17F2N3O6/c1-27-14-7-12(13(23(25)26)8-15(14)29-18(19)20)4-5-16(24)21-9-11-3-6-17(28-2)22-10-11/h3-8,10,18H,9H2,1-2H3,(H,21,24)/b5-4+. The van der Waals surface area contributed by atoms with Crippen LogP contribution in [0.2, 0.25) is 0 Å². The number of amides is 1. The Kier molecular flexibility index (Phi) is 7.40. The van der Waals surface area contributed by atoms with Gasteiger partial charge in [0.1, 0.15) is 0 Å². The van der Waals surface area contributed by atoms with Crippen molar-refractivity contribution >= 4 is 17.7 Å². The van der Waals surface area contributed by atoms with E-state index in [2.05, 4.69) is 15.0 Å². The van der Waals surface area contributed by atoms with Crippen molar-refractivity contribution in [1.29, 1.82) is 0 Å². The number of aromatic nitrogens is 1. The Labute approximate surface area is 164 Å². The van der Waals surface area contributed by atoms with Gasteiger partial charge in [-0.1, -0.05) is 6.07 Å². The van der Waals surface area contributed by atoms with Gasteiger partial charge < -0.3 is 19.5 Å². The molecule has 0 aliphatic heterocycles. The Morgan fingerprint density at radius 1 is 1.28 bits per heavy atom. The van der Waals surface area contributed by atoms with Crippen LogP contribution in [0.15, 0.2) is 36.5 Å². The second kappa shape index (κ2) is 9.97. The normalized spacial score (nSPS) is 10.8. The lowest BCUT2D eigenvalue weighted by molar-refractivity contribution is -0.385. The second-order valence-electron chi connectivity index (χ2n) is 5.46. The summed E-state index contributed by atoms with van der Waals surface area (Å²) in [5, 5.41) is 13.8. The number of halogens is 2. The summed E-state index contributed by atoms with van der Waals surface area (Å²) in [6.07, 6.45) is 3.78. The molecule has 0 atom stereocenters. The molecule has 0 fully saturated rings. The van der Waals surface area contributed by atoms with Crippen molar-refractivity contribution < 1.29 is 32.7 Å². The maximum Gasteiger partial charge on any atom is 0.387 e. The summed E-state index contributed by atoms with van der Waals surface area (Å²) >= 11 is 0. The zero-order valence-electron chi connectivity index (χ0n) is 15.4. The van der Waals surface area contributed by atoms with Crippen LogP contribution in [0.5, 0.6) is 17.4 Å². The lowest BCUT2D eigenvalue weighted by Gasteiger charge is -2.10. The smallest absolute Gasteiger partial charge is 0.387 e. The number of ether oxygens (including phenoxy) is 3. The number of nitro groups is 1. The second-order valence-corrected chi connectivity index (χ2v) is 5.46. The fourth-order valence-corrected chi connectivity index (χ4v) is 2.25. The Bertz CT molecular complexity index is 903. The van der Waals surface area contributed by atoms with Crippen LogP contribution in [-0.2, 0) is 11.3 Å². The number of methoxy groups -OCH3 is 2.